The number of hydrogen-bond acceptors (Lipinski definition) is 8. The fourth-order valence-electron chi connectivity index (χ4n) is 4.32. The number of carbonyl (C=O) groups excluding carboxylic acids is 2. The van der Waals surface area contributed by atoms with Crippen LogP contribution in [0.5, 0.6) is 0 Å². The highest BCUT2D eigenvalue weighted by Gasteiger charge is 2.25. The van der Waals surface area contributed by atoms with Crippen LogP contribution in [0.4, 0.5) is 10.8 Å². The molecular weight excluding hydrogens is 468 g/mol. The highest BCUT2D eigenvalue weighted by Crippen LogP contribution is 2.38. The molecule has 1 atom stereocenters. The maximum Gasteiger partial charge on any atom is 0.311 e. The molecule has 3 aromatic heterocycles. The van der Waals surface area contributed by atoms with Crippen molar-refractivity contribution in [3.63, 3.8) is 0 Å². The Morgan fingerprint density at radius 3 is 2.85 bits per heavy atom. The fraction of sp³-hybridized carbons (Fsp3) is 0.280. The van der Waals surface area contributed by atoms with Crippen molar-refractivity contribution < 1.29 is 14.3 Å². The zero-order valence-corrected chi connectivity index (χ0v) is 20.3. The van der Waals surface area contributed by atoms with E-state index in [-0.39, 0.29) is 18.3 Å². The lowest BCUT2D eigenvalue weighted by atomic mass is 9.82. The van der Waals surface area contributed by atoms with Gasteiger partial charge in [0.2, 0.25) is 0 Å². The monoisotopic (exact) mass is 492 g/mol. The summed E-state index contributed by atoms with van der Waals surface area (Å²) in [6.07, 6.45) is 4.59. The van der Waals surface area contributed by atoms with Gasteiger partial charge in [-0.25, -0.2) is 9.97 Å². The SMILES string of the molecule is CCOC(=O)Cc1cnc(NC(=O)c2sc3nc4c(cc3c2N)CC(c2ccccc2)CC4)s1. The minimum atomic E-state index is -0.322. The van der Waals surface area contributed by atoms with Crippen LogP contribution in [0.3, 0.4) is 0 Å². The van der Waals surface area contributed by atoms with Crippen molar-refractivity contribution in [2.75, 3.05) is 17.7 Å². The lowest BCUT2D eigenvalue weighted by Gasteiger charge is -2.24. The number of nitrogens with one attached hydrogen (secondary N) is 1. The molecule has 174 valence electrons. The predicted molar refractivity (Wildman–Crippen MR) is 136 cm³/mol. The number of benzene rings is 1. The summed E-state index contributed by atoms with van der Waals surface area (Å²) < 4.78 is 4.96. The summed E-state index contributed by atoms with van der Waals surface area (Å²) in [6, 6.07) is 12.7. The van der Waals surface area contributed by atoms with E-state index in [9.17, 15) is 9.59 Å². The number of thiazole rings is 1. The van der Waals surface area contributed by atoms with E-state index in [1.807, 2.05) is 6.07 Å². The first-order valence-corrected chi connectivity index (χ1v) is 12.8. The molecule has 1 unspecified atom stereocenters. The van der Waals surface area contributed by atoms with Crippen LogP contribution >= 0.6 is 22.7 Å². The van der Waals surface area contributed by atoms with Crippen LogP contribution in [-0.2, 0) is 28.8 Å². The number of anilines is 2. The van der Waals surface area contributed by atoms with E-state index in [0.29, 0.717) is 28.2 Å². The molecule has 7 nitrogen and oxygen atoms in total. The Bertz CT molecular complexity index is 1360. The van der Waals surface area contributed by atoms with Crippen LogP contribution in [0, 0.1) is 0 Å². The lowest BCUT2D eigenvalue weighted by Crippen LogP contribution is -2.14. The van der Waals surface area contributed by atoms with Crippen molar-refractivity contribution in [2.24, 2.45) is 0 Å². The number of pyridine rings is 1. The molecular formula is C25H24N4O3S2. The lowest BCUT2D eigenvalue weighted by molar-refractivity contribution is -0.142. The Labute approximate surface area is 205 Å². The molecule has 0 aliphatic heterocycles. The molecule has 0 bridgehead atoms. The smallest absolute Gasteiger partial charge is 0.311 e. The predicted octanol–water partition coefficient (Wildman–Crippen LogP) is 4.97. The van der Waals surface area contributed by atoms with E-state index in [0.717, 1.165) is 40.1 Å². The third kappa shape index (κ3) is 4.53. The average Bonchev–Trinajstić information content (AvgIpc) is 3.41. The minimum Gasteiger partial charge on any atom is -0.466 e. The standard InChI is InChI=1S/C25H24N4O3S2/c1-2-32-20(30)12-17-13-27-25(33-17)29-23(31)22-21(26)18-11-16-10-15(14-6-4-3-5-7-14)8-9-19(16)28-24(18)34-22/h3-7,11,13,15H,2,8-10,12,26H2,1H3,(H,27,29,31). The molecule has 5 rings (SSSR count). The molecule has 0 fully saturated rings. The van der Waals surface area contributed by atoms with E-state index >= 15 is 0 Å². The van der Waals surface area contributed by atoms with Crippen molar-refractivity contribution in [1.29, 1.82) is 0 Å². The number of nitrogen functional groups attached to an aromatic ring is 1. The number of fused-ring (bicyclic) bond motifs is 2. The van der Waals surface area contributed by atoms with Crippen LogP contribution in [0.2, 0.25) is 0 Å². The van der Waals surface area contributed by atoms with Gasteiger partial charge in [-0.1, -0.05) is 30.3 Å². The molecule has 34 heavy (non-hydrogen) atoms. The van der Waals surface area contributed by atoms with Gasteiger partial charge in [-0.3, -0.25) is 14.9 Å². The number of rotatable bonds is 6. The van der Waals surface area contributed by atoms with Crippen LogP contribution in [0.15, 0.2) is 42.6 Å². The van der Waals surface area contributed by atoms with Gasteiger partial charge in [0.15, 0.2) is 5.13 Å². The molecule has 0 saturated carbocycles. The summed E-state index contributed by atoms with van der Waals surface area (Å²) in [6.45, 7) is 2.09. The quantitative estimate of drug-likeness (QED) is 0.368. The van der Waals surface area contributed by atoms with Crippen LogP contribution in [-0.4, -0.2) is 28.5 Å². The van der Waals surface area contributed by atoms with Crippen molar-refractivity contribution in [1.82, 2.24) is 9.97 Å². The van der Waals surface area contributed by atoms with E-state index in [4.69, 9.17) is 15.5 Å². The number of nitrogens with two attached hydrogens (primary N) is 1. The van der Waals surface area contributed by atoms with E-state index in [2.05, 4.69) is 40.6 Å². The van der Waals surface area contributed by atoms with Crippen molar-refractivity contribution in [2.45, 2.75) is 38.5 Å². The number of aryl methyl sites for hydroxylation is 1. The summed E-state index contributed by atoms with van der Waals surface area (Å²) in [4.78, 5) is 35.6. The summed E-state index contributed by atoms with van der Waals surface area (Å²) in [7, 11) is 0. The summed E-state index contributed by atoms with van der Waals surface area (Å²) >= 11 is 2.55. The number of amides is 1. The first kappa shape index (κ1) is 22.5. The van der Waals surface area contributed by atoms with Gasteiger partial charge in [0.25, 0.3) is 5.91 Å². The molecule has 9 heteroatoms. The van der Waals surface area contributed by atoms with Gasteiger partial charge in [-0.2, -0.15) is 0 Å². The van der Waals surface area contributed by atoms with Crippen molar-refractivity contribution in [3.05, 3.63) is 69.2 Å². The van der Waals surface area contributed by atoms with E-state index in [1.165, 1.54) is 33.8 Å². The topological polar surface area (TPSA) is 107 Å². The van der Waals surface area contributed by atoms with Gasteiger partial charge in [-0.15, -0.1) is 22.7 Å². The Hall–Kier alpha value is -3.30. The number of carbonyl (C=O) groups is 2. The molecule has 3 N–H and O–H groups in total. The minimum absolute atomic E-state index is 0.131. The van der Waals surface area contributed by atoms with Gasteiger partial charge < -0.3 is 10.5 Å². The molecule has 3 heterocycles. The number of ether oxygens (including phenoxy) is 1. The second-order valence-corrected chi connectivity index (χ2v) is 10.3. The van der Waals surface area contributed by atoms with Crippen molar-refractivity contribution in [3.8, 4) is 0 Å². The largest absolute Gasteiger partial charge is 0.466 e. The first-order chi connectivity index (χ1) is 16.5. The zero-order valence-electron chi connectivity index (χ0n) is 18.7. The van der Waals surface area contributed by atoms with Gasteiger partial charge in [0.05, 0.1) is 18.7 Å². The number of thiophene rings is 1. The van der Waals surface area contributed by atoms with E-state index in [1.54, 1.807) is 13.1 Å². The maximum atomic E-state index is 13.0. The molecule has 0 radical (unpaired) electrons. The van der Waals surface area contributed by atoms with Gasteiger partial charge in [0.1, 0.15) is 9.71 Å². The van der Waals surface area contributed by atoms with Crippen LogP contribution in [0.1, 0.15) is 50.6 Å². The second kappa shape index (κ2) is 9.52. The van der Waals surface area contributed by atoms with Crippen LogP contribution in [0.25, 0.3) is 10.2 Å². The third-order valence-corrected chi connectivity index (χ3v) is 7.99. The van der Waals surface area contributed by atoms with Crippen molar-refractivity contribution >= 4 is 55.6 Å². The molecule has 1 aliphatic rings. The first-order valence-electron chi connectivity index (χ1n) is 11.2. The number of nitrogens with zero attached hydrogens (tertiary/aromatic N) is 2. The molecule has 1 amide bonds. The normalized spacial score (nSPS) is 15.1. The molecule has 4 aromatic rings. The fourth-order valence-corrected chi connectivity index (χ4v) is 6.11. The molecule has 1 aromatic carbocycles. The van der Waals surface area contributed by atoms with Crippen LogP contribution < -0.4 is 11.1 Å². The van der Waals surface area contributed by atoms with E-state index < -0.39 is 0 Å². The number of esters is 1. The maximum absolute atomic E-state index is 13.0. The summed E-state index contributed by atoms with van der Waals surface area (Å²) in [5, 5.41) is 4.04. The Kier molecular flexibility index (Phi) is 6.30. The average molecular weight is 493 g/mol. The summed E-state index contributed by atoms with van der Waals surface area (Å²) in [5.41, 5.74) is 10.5. The number of hydrogen-bond donors (Lipinski definition) is 2. The summed E-state index contributed by atoms with van der Waals surface area (Å²) in [5.74, 6) is -0.177. The highest BCUT2D eigenvalue weighted by molar-refractivity contribution is 7.21. The third-order valence-electron chi connectivity index (χ3n) is 5.96. The van der Waals surface area contributed by atoms with Gasteiger partial charge >= 0.3 is 5.97 Å². The van der Waals surface area contributed by atoms with Gasteiger partial charge in [0, 0.05) is 22.2 Å². The molecule has 0 spiro atoms. The Morgan fingerprint density at radius 1 is 1.24 bits per heavy atom. The molecule has 0 saturated heterocycles. The Morgan fingerprint density at radius 2 is 2.06 bits per heavy atom. The Balaban J connectivity index is 1.35. The highest BCUT2D eigenvalue weighted by atomic mass is 32.1. The zero-order chi connectivity index (χ0) is 23.7. The second-order valence-electron chi connectivity index (χ2n) is 8.21. The molecule has 1 aliphatic carbocycles. The number of aromatic nitrogens is 2. The van der Waals surface area contributed by atoms with Gasteiger partial charge in [-0.05, 0) is 49.3 Å².